The average molecular weight is 833 g/mol. The second kappa shape index (κ2) is 32.9. The lowest BCUT2D eigenvalue weighted by Crippen LogP contribution is -2.25. The van der Waals surface area contributed by atoms with Gasteiger partial charge < -0.3 is 20.4 Å². The molecule has 0 spiro atoms. The van der Waals surface area contributed by atoms with E-state index in [2.05, 4.69) is 192 Å². The van der Waals surface area contributed by atoms with E-state index in [0.29, 0.717) is 11.8 Å². The first-order valence-electron chi connectivity index (χ1n) is 25.4. The van der Waals surface area contributed by atoms with Crippen molar-refractivity contribution in [2.45, 2.75) is 210 Å². The number of rotatable bonds is 12. The fourth-order valence-electron chi connectivity index (χ4n) is 8.98. The predicted octanol–water partition coefficient (Wildman–Crippen LogP) is 14.7. The molecule has 6 atom stereocenters. The zero-order valence-electron chi connectivity index (χ0n) is 42.9. The number of hydrogen-bond acceptors (Lipinski definition) is 4. The third-order valence-corrected chi connectivity index (χ3v) is 13.3. The van der Waals surface area contributed by atoms with Crippen LogP contribution in [0.3, 0.4) is 0 Å². The average Bonchev–Trinajstić information content (AvgIpc) is 4.05. The standard InChI is InChI=1S/2C11H16.2C9H19N.2C8H17N/c2*1-9(2)10(3)11-7-5-4-6-8-11;2*1-8(2)7-9-5-4-6-10(9)3;2*1-7(2)6-8-4-3-5-9-8/h2*4-10H,1-3H3;2*8-9H,4-7H2,1-3H3;2*7-9H,3-6H2,1-2H3/t2*10-;2*9-;2*8-/m101010/s1. The number of likely N-dealkylation sites (tertiary alicyclic amines) is 2. The highest BCUT2D eigenvalue weighted by Gasteiger charge is 2.22. The maximum absolute atomic E-state index is 3.49. The van der Waals surface area contributed by atoms with Crippen molar-refractivity contribution in [1.82, 2.24) is 20.4 Å². The summed E-state index contributed by atoms with van der Waals surface area (Å²) in [5.41, 5.74) is 2.89. The van der Waals surface area contributed by atoms with Gasteiger partial charge in [0.2, 0.25) is 0 Å². The Kier molecular flexibility index (Phi) is 30.9. The Morgan fingerprint density at radius 1 is 0.433 bits per heavy atom. The first kappa shape index (κ1) is 56.3. The van der Waals surface area contributed by atoms with Crippen molar-refractivity contribution in [3.8, 4) is 0 Å². The fourth-order valence-corrected chi connectivity index (χ4v) is 8.98. The first-order valence-corrected chi connectivity index (χ1v) is 25.4. The van der Waals surface area contributed by atoms with Crippen LogP contribution in [0.5, 0.6) is 0 Å². The van der Waals surface area contributed by atoms with E-state index in [1.807, 2.05) is 0 Å². The minimum atomic E-state index is 0.677. The summed E-state index contributed by atoms with van der Waals surface area (Å²) in [5.74, 6) is 6.28. The minimum Gasteiger partial charge on any atom is -0.314 e. The third kappa shape index (κ3) is 26.7. The zero-order valence-corrected chi connectivity index (χ0v) is 42.9. The van der Waals surface area contributed by atoms with Gasteiger partial charge in [0.05, 0.1) is 0 Å². The summed E-state index contributed by atoms with van der Waals surface area (Å²) in [6.07, 6.45) is 16.7. The molecule has 4 aliphatic rings. The molecule has 2 aromatic rings. The smallest absolute Gasteiger partial charge is 0.00951 e. The van der Waals surface area contributed by atoms with Crippen molar-refractivity contribution in [3.63, 3.8) is 0 Å². The molecule has 4 saturated heterocycles. The van der Waals surface area contributed by atoms with Gasteiger partial charge in [0.25, 0.3) is 0 Å². The highest BCUT2D eigenvalue weighted by molar-refractivity contribution is 5.19. The van der Waals surface area contributed by atoms with Crippen LogP contribution < -0.4 is 10.6 Å². The first-order chi connectivity index (χ1) is 28.4. The summed E-state index contributed by atoms with van der Waals surface area (Å²) in [6, 6.07) is 24.8. The minimum absolute atomic E-state index is 0.677. The van der Waals surface area contributed by atoms with Crippen LogP contribution in [0.2, 0.25) is 0 Å². The van der Waals surface area contributed by atoms with Gasteiger partial charge in [-0.15, -0.1) is 0 Å². The molecule has 0 radical (unpaired) electrons. The van der Waals surface area contributed by atoms with Crippen molar-refractivity contribution < 1.29 is 0 Å². The summed E-state index contributed by atoms with van der Waals surface area (Å²) in [5, 5.41) is 6.98. The topological polar surface area (TPSA) is 30.5 Å². The fraction of sp³-hybridized carbons (Fsp3) is 0.786. The van der Waals surface area contributed by atoms with Crippen molar-refractivity contribution in [1.29, 1.82) is 0 Å². The lowest BCUT2D eigenvalue weighted by atomic mass is 9.91. The van der Waals surface area contributed by atoms with E-state index in [0.717, 1.165) is 59.7 Å². The summed E-state index contributed by atoms with van der Waals surface area (Å²) in [7, 11) is 4.50. The molecule has 0 aromatic heterocycles. The second-order valence-electron chi connectivity index (χ2n) is 21.5. The van der Waals surface area contributed by atoms with Crippen molar-refractivity contribution in [2.75, 3.05) is 40.3 Å². The molecule has 2 aromatic carbocycles. The van der Waals surface area contributed by atoms with E-state index in [4.69, 9.17) is 0 Å². The van der Waals surface area contributed by atoms with Gasteiger partial charge in [-0.25, -0.2) is 0 Å². The highest BCUT2D eigenvalue weighted by Crippen LogP contribution is 2.24. The molecule has 4 heterocycles. The SMILES string of the molecule is CC(C)C[C@@H]1CCCN1.CC(C)C[C@@H]1CCCN1C.CC(C)C[C@H]1CCCN1.CC(C)C[C@H]1CCCN1C.CC(C)[C@@H](C)c1ccccc1.CC(C)[C@H](C)c1ccccc1. The van der Waals surface area contributed by atoms with Crippen LogP contribution in [0.15, 0.2) is 60.7 Å². The van der Waals surface area contributed by atoms with E-state index >= 15 is 0 Å². The summed E-state index contributed by atoms with van der Waals surface area (Å²) in [6.45, 7) is 37.1. The van der Waals surface area contributed by atoms with Crippen LogP contribution in [0.1, 0.15) is 197 Å². The van der Waals surface area contributed by atoms with Crippen LogP contribution in [-0.4, -0.2) is 74.2 Å². The van der Waals surface area contributed by atoms with Gasteiger partial charge in [-0.05, 0) is 176 Å². The number of nitrogens with zero attached hydrogens (tertiary/aromatic N) is 2. The number of benzene rings is 2. The van der Waals surface area contributed by atoms with Crippen molar-refractivity contribution in [3.05, 3.63) is 71.8 Å². The predicted molar refractivity (Wildman–Crippen MR) is 271 cm³/mol. The van der Waals surface area contributed by atoms with Gasteiger partial charge in [-0.2, -0.15) is 0 Å². The largest absolute Gasteiger partial charge is 0.314 e. The molecule has 4 fully saturated rings. The van der Waals surface area contributed by atoms with E-state index < -0.39 is 0 Å². The summed E-state index contributed by atoms with van der Waals surface area (Å²) in [4.78, 5) is 5.00. The van der Waals surface area contributed by atoms with Crippen LogP contribution in [-0.2, 0) is 0 Å². The molecule has 2 N–H and O–H groups in total. The van der Waals surface area contributed by atoms with Crippen molar-refractivity contribution in [2.24, 2.45) is 35.5 Å². The zero-order chi connectivity index (χ0) is 45.0. The molecule has 0 saturated carbocycles. The molecule has 0 unspecified atom stereocenters. The molecule has 60 heavy (non-hydrogen) atoms. The molecule has 348 valence electrons. The van der Waals surface area contributed by atoms with Gasteiger partial charge >= 0.3 is 0 Å². The molecular formula is C56H104N4. The highest BCUT2D eigenvalue weighted by atomic mass is 15.1. The van der Waals surface area contributed by atoms with Gasteiger partial charge in [-0.3, -0.25) is 0 Å². The van der Waals surface area contributed by atoms with Crippen LogP contribution >= 0.6 is 0 Å². The molecule has 0 amide bonds. The monoisotopic (exact) mass is 833 g/mol. The Balaban J connectivity index is 0.000000361. The molecular weight excluding hydrogens is 729 g/mol. The molecule has 6 rings (SSSR count). The van der Waals surface area contributed by atoms with E-state index in [1.165, 1.54) is 114 Å². The van der Waals surface area contributed by atoms with Crippen LogP contribution in [0.25, 0.3) is 0 Å². The Morgan fingerprint density at radius 2 is 0.750 bits per heavy atom. The Hall–Kier alpha value is -1.72. The second-order valence-corrected chi connectivity index (χ2v) is 21.5. The van der Waals surface area contributed by atoms with Gasteiger partial charge in [0.1, 0.15) is 0 Å². The third-order valence-electron chi connectivity index (χ3n) is 13.3. The van der Waals surface area contributed by atoms with Crippen molar-refractivity contribution >= 4 is 0 Å². The number of nitrogens with one attached hydrogen (secondary N) is 2. The maximum atomic E-state index is 3.49. The Bertz CT molecular complexity index is 1130. The lowest BCUT2D eigenvalue weighted by Gasteiger charge is -2.20. The van der Waals surface area contributed by atoms with Crippen LogP contribution in [0.4, 0.5) is 0 Å². The quantitative estimate of drug-likeness (QED) is 0.223. The Labute approximate surface area is 376 Å². The van der Waals surface area contributed by atoms with Crippen LogP contribution in [0, 0.1) is 35.5 Å². The molecule has 0 bridgehead atoms. The van der Waals surface area contributed by atoms with Gasteiger partial charge in [0, 0.05) is 24.2 Å². The normalized spacial score (nSPS) is 22.6. The maximum Gasteiger partial charge on any atom is 0.00951 e. The molecule has 4 heteroatoms. The van der Waals surface area contributed by atoms with Gasteiger partial charge in [-0.1, -0.05) is 158 Å². The van der Waals surface area contributed by atoms with E-state index in [-0.39, 0.29) is 0 Å². The molecule has 4 nitrogen and oxygen atoms in total. The lowest BCUT2D eigenvalue weighted by molar-refractivity contribution is 0.272. The molecule has 4 aliphatic heterocycles. The van der Waals surface area contributed by atoms with E-state index in [1.54, 1.807) is 0 Å². The molecule has 0 aliphatic carbocycles. The van der Waals surface area contributed by atoms with Gasteiger partial charge in [0.15, 0.2) is 0 Å². The summed E-state index contributed by atoms with van der Waals surface area (Å²) < 4.78 is 0. The Morgan fingerprint density at radius 3 is 0.967 bits per heavy atom. The summed E-state index contributed by atoms with van der Waals surface area (Å²) >= 11 is 0. The number of hydrogen-bond donors (Lipinski definition) is 2. The van der Waals surface area contributed by atoms with E-state index in [9.17, 15) is 0 Å².